The second kappa shape index (κ2) is 13.7. The van der Waals surface area contributed by atoms with E-state index < -0.39 is 24.1 Å². The van der Waals surface area contributed by atoms with E-state index in [9.17, 15) is 14.4 Å². The maximum Gasteiger partial charge on any atom is 0.408 e. The van der Waals surface area contributed by atoms with E-state index in [1.54, 1.807) is 13.0 Å². The van der Waals surface area contributed by atoms with E-state index in [0.29, 0.717) is 6.42 Å². The van der Waals surface area contributed by atoms with E-state index in [1.807, 2.05) is 74.5 Å². The molecule has 0 heterocycles. The Balaban J connectivity index is 2.03. The lowest BCUT2D eigenvalue weighted by molar-refractivity contribution is -0.137. The van der Waals surface area contributed by atoms with Crippen molar-refractivity contribution in [1.82, 2.24) is 10.6 Å². The Morgan fingerprint density at radius 1 is 0.879 bits per heavy atom. The van der Waals surface area contributed by atoms with Crippen LogP contribution in [0.2, 0.25) is 0 Å². The second-order valence-corrected chi connectivity index (χ2v) is 7.84. The first-order valence-electron chi connectivity index (χ1n) is 11.1. The van der Waals surface area contributed by atoms with Crippen LogP contribution in [0.1, 0.15) is 31.9 Å². The zero-order valence-electron chi connectivity index (χ0n) is 19.3. The van der Waals surface area contributed by atoms with Gasteiger partial charge >= 0.3 is 12.1 Å². The van der Waals surface area contributed by atoms with Gasteiger partial charge in [-0.3, -0.25) is 4.79 Å². The van der Waals surface area contributed by atoms with Gasteiger partial charge in [0.25, 0.3) is 0 Å². The molecule has 0 aliphatic rings. The van der Waals surface area contributed by atoms with Gasteiger partial charge < -0.3 is 20.1 Å². The van der Waals surface area contributed by atoms with E-state index in [-0.39, 0.29) is 25.0 Å². The Morgan fingerprint density at radius 3 is 2.06 bits per heavy atom. The topological polar surface area (TPSA) is 93.7 Å². The molecule has 176 valence electrons. The Hall–Kier alpha value is -3.61. The minimum atomic E-state index is -0.803. The molecular weight excluding hydrogens is 420 g/mol. The Morgan fingerprint density at radius 2 is 1.48 bits per heavy atom. The number of benzene rings is 2. The highest BCUT2D eigenvalue weighted by molar-refractivity contribution is 5.86. The predicted octanol–water partition coefficient (Wildman–Crippen LogP) is 3.78. The van der Waals surface area contributed by atoms with Crippen molar-refractivity contribution in [3.05, 3.63) is 83.9 Å². The highest BCUT2D eigenvalue weighted by Crippen LogP contribution is 2.08. The van der Waals surface area contributed by atoms with Gasteiger partial charge in [-0.2, -0.15) is 0 Å². The monoisotopic (exact) mass is 452 g/mol. The number of carbonyl (C=O) groups excluding carboxylic acids is 3. The normalized spacial score (nSPS) is 12.7. The van der Waals surface area contributed by atoms with Gasteiger partial charge in [0.2, 0.25) is 5.91 Å². The van der Waals surface area contributed by atoms with E-state index in [1.165, 1.54) is 6.08 Å². The fraction of sp³-hybridized carbons (Fsp3) is 0.346. The molecule has 0 aromatic heterocycles. The molecule has 0 bridgehead atoms. The summed E-state index contributed by atoms with van der Waals surface area (Å²) in [6, 6.07) is 17.6. The molecule has 0 aliphatic carbocycles. The third-order valence-electron chi connectivity index (χ3n) is 4.81. The molecule has 0 spiro atoms. The molecule has 7 nitrogen and oxygen atoms in total. The minimum absolute atomic E-state index is 0.109. The maximum atomic E-state index is 13.0. The smallest absolute Gasteiger partial charge is 0.408 e. The first-order chi connectivity index (χ1) is 15.9. The van der Waals surface area contributed by atoms with Crippen molar-refractivity contribution < 1.29 is 23.9 Å². The summed E-state index contributed by atoms with van der Waals surface area (Å²) in [7, 11) is 0. The lowest BCUT2D eigenvalue weighted by Gasteiger charge is -2.24. The van der Waals surface area contributed by atoms with Crippen LogP contribution < -0.4 is 10.6 Å². The maximum absolute atomic E-state index is 13.0. The molecule has 0 saturated heterocycles. The van der Waals surface area contributed by atoms with Crippen LogP contribution in [0.4, 0.5) is 4.79 Å². The van der Waals surface area contributed by atoms with E-state index in [2.05, 4.69) is 10.6 Å². The molecule has 2 N–H and O–H groups in total. The second-order valence-electron chi connectivity index (χ2n) is 7.84. The minimum Gasteiger partial charge on any atom is -0.463 e. The number of rotatable bonds is 11. The summed E-state index contributed by atoms with van der Waals surface area (Å²) < 4.78 is 10.2. The van der Waals surface area contributed by atoms with Gasteiger partial charge in [0, 0.05) is 6.08 Å². The average molecular weight is 453 g/mol. The quantitative estimate of drug-likeness (QED) is 0.400. The number of amides is 2. The number of hydrogen-bond donors (Lipinski definition) is 2. The fourth-order valence-corrected chi connectivity index (χ4v) is 3.12. The van der Waals surface area contributed by atoms with Crippen molar-refractivity contribution in [2.24, 2.45) is 5.92 Å². The molecule has 0 unspecified atom stereocenters. The molecule has 2 rings (SSSR count). The van der Waals surface area contributed by atoms with Crippen molar-refractivity contribution in [3.8, 4) is 0 Å². The molecule has 0 aliphatic heterocycles. The first-order valence-corrected chi connectivity index (χ1v) is 11.1. The average Bonchev–Trinajstić information content (AvgIpc) is 2.81. The number of nitrogens with one attached hydrogen (secondary N) is 2. The standard InChI is InChI=1S/C26H32N2O5/c1-4-32-23(29)16-15-22(17-20-11-7-5-8-12-20)27-25(30)24(19(2)3)28-26(31)33-18-21-13-9-6-10-14-21/h5-16,19,22,24H,4,17-18H2,1-3H3,(H,27,30)(H,28,31)/b16-15+/t22-,24+/m1/s1. The number of alkyl carbamates (subject to hydrolysis) is 1. The summed E-state index contributed by atoms with van der Waals surface area (Å²) in [5.41, 5.74) is 1.85. The van der Waals surface area contributed by atoms with Gasteiger partial charge in [0.1, 0.15) is 12.6 Å². The van der Waals surface area contributed by atoms with Gasteiger partial charge in [-0.05, 0) is 30.4 Å². The van der Waals surface area contributed by atoms with Crippen molar-refractivity contribution >= 4 is 18.0 Å². The van der Waals surface area contributed by atoms with Crippen LogP contribution in [0.25, 0.3) is 0 Å². The van der Waals surface area contributed by atoms with Crippen LogP contribution in [-0.2, 0) is 32.1 Å². The predicted molar refractivity (Wildman–Crippen MR) is 126 cm³/mol. The number of hydrogen-bond acceptors (Lipinski definition) is 5. The molecule has 2 atom stereocenters. The molecule has 0 radical (unpaired) electrons. The van der Waals surface area contributed by atoms with Crippen LogP contribution >= 0.6 is 0 Å². The summed E-state index contributed by atoms with van der Waals surface area (Å²) in [5.74, 6) is -1.02. The van der Waals surface area contributed by atoms with Crippen molar-refractivity contribution in [2.75, 3.05) is 6.61 Å². The molecule has 33 heavy (non-hydrogen) atoms. The van der Waals surface area contributed by atoms with Crippen LogP contribution in [0, 0.1) is 5.92 Å². The molecule has 0 saturated carbocycles. The Kier molecular flexibility index (Phi) is 10.7. The largest absolute Gasteiger partial charge is 0.463 e. The summed E-state index contributed by atoms with van der Waals surface area (Å²) in [6.45, 7) is 5.77. The first kappa shape index (κ1) is 25.6. The lowest BCUT2D eigenvalue weighted by atomic mass is 10.0. The molecule has 2 aromatic rings. The van der Waals surface area contributed by atoms with E-state index >= 15 is 0 Å². The number of esters is 1. The molecule has 2 aromatic carbocycles. The highest BCUT2D eigenvalue weighted by Gasteiger charge is 2.26. The summed E-state index contributed by atoms with van der Waals surface area (Å²) in [5, 5.41) is 5.57. The van der Waals surface area contributed by atoms with Gasteiger partial charge in [0.05, 0.1) is 12.6 Å². The van der Waals surface area contributed by atoms with Gasteiger partial charge in [-0.1, -0.05) is 80.6 Å². The fourth-order valence-electron chi connectivity index (χ4n) is 3.12. The van der Waals surface area contributed by atoms with Gasteiger partial charge in [-0.15, -0.1) is 0 Å². The Bertz CT molecular complexity index is 913. The highest BCUT2D eigenvalue weighted by atomic mass is 16.5. The third-order valence-corrected chi connectivity index (χ3v) is 4.81. The summed E-state index contributed by atoms with van der Waals surface area (Å²) >= 11 is 0. The third kappa shape index (κ3) is 9.60. The van der Waals surface area contributed by atoms with Crippen LogP contribution in [0.5, 0.6) is 0 Å². The van der Waals surface area contributed by atoms with Crippen molar-refractivity contribution in [3.63, 3.8) is 0 Å². The van der Waals surface area contributed by atoms with Crippen molar-refractivity contribution in [1.29, 1.82) is 0 Å². The zero-order chi connectivity index (χ0) is 24.1. The SMILES string of the molecule is CCOC(=O)/C=C/[C@H](Cc1ccccc1)NC(=O)[C@@H](NC(=O)OCc1ccccc1)C(C)C. The molecule has 2 amide bonds. The number of ether oxygens (including phenoxy) is 2. The summed E-state index contributed by atoms with van der Waals surface area (Å²) in [4.78, 5) is 37.1. The van der Waals surface area contributed by atoms with Crippen LogP contribution in [0.15, 0.2) is 72.8 Å². The van der Waals surface area contributed by atoms with Crippen LogP contribution in [0.3, 0.4) is 0 Å². The van der Waals surface area contributed by atoms with Gasteiger partial charge in [-0.25, -0.2) is 9.59 Å². The van der Waals surface area contributed by atoms with Crippen LogP contribution in [-0.4, -0.2) is 36.7 Å². The lowest BCUT2D eigenvalue weighted by Crippen LogP contribution is -2.52. The Labute approximate surface area is 195 Å². The molecule has 7 heteroatoms. The number of carbonyl (C=O) groups is 3. The van der Waals surface area contributed by atoms with E-state index in [4.69, 9.17) is 9.47 Å². The van der Waals surface area contributed by atoms with E-state index in [0.717, 1.165) is 11.1 Å². The summed E-state index contributed by atoms with van der Waals surface area (Å²) in [6.07, 6.45) is 2.72. The molecular formula is C26H32N2O5. The molecule has 0 fully saturated rings. The zero-order valence-corrected chi connectivity index (χ0v) is 19.3. The van der Waals surface area contributed by atoms with Crippen molar-refractivity contribution in [2.45, 2.75) is 45.9 Å². The van der Waals surface area contributed by atoms with Gasteiger partial charge in [0.15, 0.2) is 0 Å².